The van der Waals surface area contributed by atoms with Gasteiger partial charge < -0.3 is 4.74 Å². The number of halogens is 2. The van der Waals surface area contributed by atoms with E-state index >= 15 is 0 Å². The van der Waals surface area contributed by atoms with Gasteiger partial charge >= 0.3 is 0 Å². The molecule has 1 heterocycles. The summed E-state index contributed by atoms with van der Waals surface area (Å²) in [5, 5.41) is -0.0823. The first-order valence-electron chi connectivity index (χ1n) is 6.63. The van der Waals surface area contributed by atoms with Gasteiger partial charge in [-0.2, -0.15) is 0 Å². The van der Waals surface area contributed by atoms with Crippen LogP contribution in [0.5, 0.6) is 5.75 Å². The zero-order chi connectivity index (χ0) is 15.7. The Hall–Kier alpha value is -0.980. The number of carbonyl (C=O) groups is 1. The highest BCUT2D eigenvalue weighted by atomic mass is 79.9. The van der Waals surface area contributed by atoms with Crippen LogP contribution in [0.25, 0.3) is 0 Å². The predicted molar refractivity (Wildman–Crippen MR) is 97.5 cm³/mol. The second-order valence-corrected chi connectivity index (χ2v) is 7.69. The Kier molecular flexibility index (Phi) is 4.80. The molecule has 0 bridgehead atoms. The summed E-state index contributed by atoms with van der Waals surface area (Å²) in [6.07, 6.45) is 0. The van der Waals surface area contributed by atoms with Crippen molar-refractivity contribution in [2.24, 2.45) is 0 Å². The molecule has 1 amide bonds. The van der Waals surface area contributed by atoms with Gasteiger partial charge in [0.1, 0.15) is 11.1 Å². The smallest absolute Gasteiger partial charge is 0.238 e. The van der Waals surface area contributed by atoms with Gasteiger partial charge in [-0.3, -0.25) is 9.69 Å². The fourth-order valence-corrected chi connectivity index (χ4v) is 4.27. The van der Waals surface area contributed by atoms with Crippen molar-refractivity contribution in [3.8, 4) is 5.75 Å². The summed E-state index contributed by atoms with van der Waals surface area (Å²) < 4.78 is 7.44. The van der Waals surface area contributed by atoms with E-state index in [4.69, 9.17) is 4.74 Å². The minimum Gasteiger partial charge on any atom is -0.496 e. The molecule has 1 aliphatic rings. The molecule has 0 aliphatic carbocycles. The van der Waals surface area contributed by atoms with Crippen LogP contribution in [0, 0.1) is 0 Å². The standard InChI is InChI=1S/C16H13Br2NO2S/c1-21-14-7-4-11(18)8-13(14)16-19(15(20)9-22-16)12-5-2-10(17)3-6-12/h2-8,16H,9H2,1H3/t16-/m1/s1. The van der Waals surface area contributed by atoms with Gasteiger partial charge in [-0.25, -0.2) is 0 Å². The van der Waals surface area contributed by atoms with Crippen LogP contribution < -0.4 is 9.64 Å². The summed E-state index contributed by atoms with van der Waals surface area (Å²) in [4.78, 5) is 14.2. The molecule has 22 heavy (non-hydrogen) atoms. The summed E-state index contributed by atoms with van der Waals surface area (Å²) in [6.45, 7) is 0. The molecule has 0 N–H and O–H groups in total. The number of thioether (sulfide) groups is 1. The summed E-state index contributed by atoms with van der Waals surface area (Å²) in [7, 11) is 1.65. The number of anilines is 1. The third-order valence-corrected chi connectivity index (χ3v) is 5.65. The molecule has 114 valence electrons. The predicted octanol–water partition coefficient (Wildman–Crippen LogP) is 5.00. The van der Waals surface area contributed by atoms with E-state index in [1.807, 2.05) is 47.4 Å². The van der Waals surface area contributed by atoms with Crippen molar-refractivity contribution in [1.29, 1.82) is 0 Å². The average Bonchev–Trinajstić information content (AvgIpc) is 2.90. The molecule has 1 saturated heterocycles. The molecule has 0 radical (unpaired) electrons. The number of hydrogen-bond donors (Lipinski definition) is 0. The monoisotopic (exact) mass is 441 g/mol. The van der Waals surface area contributed by atoms with E-state index < -0.39 is 0 Å². The van der Waals surface area contributed by atoms with Gasteiger partial charge in [0.05, 0.1) is 12.9 Å². The third kappa shape index (κ3) is 3.05. The summed E-state index contributed by atoms with van der Waals surface area (Å²) in [5.41, 5.74) is 1.89. The second-order valence-electron chi connectivity index (χ2n) is 4.79. The summed E-state index contributed by atoms with van der Waals surface area (Å²) in [6, 6.07) is 13.7. The zero-order valence-corrected chi connectivity index (χ0v) is 15.7. The Morgan fingerprint density at radius 2 is 1.82 bits per heavy atom. The van der Waals surface area contributed by atoms with Crippen molar-refractivity contribution in [1.82, 2.24) is 0 Å². The van der Waals surface area contributed by atoms with Crippen LogP contribution in [0.1, 0.15) is 10.9 Å². The van der Waals surface area contributed by atoms with Crippen molar-refractivity contribution >= 4 is 55.2 Å². The number of nitrogens with zero attached hydrogens (tertiary/aromatic N) is 1. The van der Waals surface area contributed by atoms with Crippen molar-refractivity contribution in [2.45, 2.75) is 5.37 Å². The van der Waals surface area contributed by atoms with Gasteiger partial charge in [0.25, 0.3) is 0 Å². The number of rotatable bonds is 3. The highest BCUT2D eigenvalue weighted by molar-refractivity contribution is 9.10. The molecular weight excluding hydrogens is 430 g/mol. The largest absolute Gasteiger partial charge is 0.496 e. The van der Waals surface area contributed by atoms with Crippen LogP contribution >= 0.6 is 43.6 Å². The summed E-state index contributed by atoms with van der Waals surface area (Å²) >= 11 is 8.54. The topological polar surface area (TPSA) is 29.5 Å². The number of hydrogen-bond acceptors (Lipinski definition) is 3. The molecule has 1 atom stereocenters. The van der Waals surface area contributed by atoms with Crippen LogP contribution in [-0.4, -0.2) is 18.8 Å². The lowest BCUT2D eigenvalue weighted by Gasteiger charge is -2.25. The molecule has 2 aromatic carbocycles. The lowest BCUT2D eigenvalue weighted by Crippen LogP contribution is -2.28. The van der Waals surface area contributed by atoms with Gasteiger partial charge in [-0.1, -0.05) is 31.9 Å². The third-order valence-electron chi connectivity index (χ3n) is 3.43. The van der Waals surface area contributed by atoms with Gasteiger partial charge in [0, 0.05) is 20.2 Å². The van der Waals surface area contributed by atoms with Gasteiger partial charge in [0.2, 0.25) is 5.91 Å². The van der Waals surface area contributed by atoms with Crippen molar-refractivity contribution < 1.29 is 9.53 Å². The maximum absolute atomic E-state index is 12.4. The average molecular weight is 443 g/mol. The fraction of sp³-hybridized carbons (Fsp3) is 0.188. The van der Waals surface area contributed by atoms with Crippen LogP contribution in [-0.2, 0) is 4.79 Å². The molecule has 0 spiro atoms. The Labute approximate surface area is 150 Å². The van der Waals surface area contributed by atoms with Crippen LogP contribution in [0.4, 0.5) is 5.69 Å². The molecular formula is C16H13Br2NO2S. The number of amides is 1. The van der Waals surface area contributed by atoms with E-state index in [1.54, 1.807) is 18.9 Å². The van der Waals surface area contributed by atoms with Crippen LogP contribution in [0.3, 0.4) is 0 Å². The second kappa shape index (κ2) is 6.64. The van der Waals surface area contributed by atoms with E-state index in [0.717, 1.165) is 25.9 Å². The van der Waals surface area contributed by atoms with Crippen molar-refractivity contribution in [3.05, 3.63) is 57.0 Å². The van der Waals surface area contributed by atoms with E-state index in [9.17, 15) is 4.79 Å². The Morgan fingerprint density at radius 1 is 1.14 bits per heavy atom. The summed E-state index contributed by atoms with van der Waals surface area (Å²) in [5.74, 6) is 1.37. The molecule has 0 aromatic heterocycles. The molecule has 1 fully saturated rings. The molecule has 0 saturated carbocycles. The van der Waals surface area contributed by atoms with Crippen molar-refractivity contribution in [2.75, 3.05) is 17.8 Å². The van der Waals surface area contributed by atoms with Crippen molar-refractivity contribution in [3.63, 3.8) is 0 Å². The number of carbonyl (C=O) groups excluding carboxylic acids is 1. The first-order valence-corrected chi connectivity index (χ1v) is 9.26. The number of benzene rings is 2. The van der Waals surface area contributed by atoms with Crippen LogP contribution in [0.15, 0.2) is 51.4 Å². The van der Waals surface area contributed by atoms with Crippen LogP contribution in [0.2, 0.25) is 0 Å². The molecule has 3 rings (SSSR count). The van der Waals surface area contributed by atoms with Gasteiger partial charge in [-0.15, -0.1) is 11.8 Å². The first-order chi connectivity index (χ1) is 10.6. The SMILES string of the molecule is COc1ccc(Br)cc1[C@H]1SCC(=O)N1c1ccc(Br)cc1. The zero-order valence-electron chi connectivity index (χ0n) is 11.8. The first kappa shape index (κ1) is 15.9. The highest BCUT2D eigenvalue weighted by Gasteiger charge is 2.35. The van der Waals surface area contributed by atoms with E-state index in [2.05, 4.69) is 31.9 Å². The number of methoxy groups -OCH3 is 1. The molecule has 0 unspecified atom stereocenters. The highest BCUT2D eigenvalue weighted by Crippen LogP contribution is 2.45. The Morgan fingerprint density at radius 3 is 2.50 bits per heavy atom. The lowest BCUT2D eigenvalue weighted by molar-refractivity contribution is -0.115. The maximum atomic E-state index is 12.4. The number of ether oxygens (including phenoxy) is 1. The van der Waals surface area contributed by atoms with Gasteiger partial charge in [-0.05, 0) is 42.5 Å². The maximum Gasteiger partial charge on any atom is 0.238 e. The molecule has 6 heteroatoms. The fourth-order valence-electron chi connectivity index (χ4n) is 2.43. The molecule has 3 nitrogen and oxygen atoms in total. The Balaban J connectivity index is 2.04. The minimum atomic E-state index is -0.0823. The quantitative estimate of drug-likeness (QED) is 0.669. The molecule has 2 aromatic rings. The van der Waals surface area contributed by atoms with E-state index in [0.29, 0.717) is 5.75 Å². The minimum absolute atomic E-state index is 0.0823. The van der Waals surface area contributed by atoms with E-state index in [1.165, 1.54) is 0 Å². The molecule has 1 aliphatic heterocycles. The van der Waals surface area contributed by atoms with E-state index in [-0.39, 0.29) is 11.3 Å². The Bertz CT molecular complexity index is 706. The van der Waals surface area contributed by atoms with Gasteiger partial charge in [0.15, 0.2) is 0 Å². The lowest BCUT2D eigenvalue weighted by atomic mass is 10.1. The normalized spacial score (nSPS) is 17.9.